The molecule has 2 aromatic carbocycles. The lowest BCUT2D eigenvalue weighted by molar-refractivity contribution is -0.127. The van der Waals surface area contributed by atoms with Crippen LogP contribution in [0.2, 0.25) is 0 Å². The summed E-state index contributed by atoms with van der Waals surface area (Å²) in [5.41, 5.74) is 3.41. The Labute approximate surface area is 200 Å². The lowest BCUT2D eigenvalue weighted by atomic mass is 9.84. The summed E-state index contributed by atoms with van der Waals surface area (Å²) in [7, 11) is 0. The van der Waals surface area contributed by atoms with Gasteiger partial charge in [-0.1, -0.05) is 42.0 Å². The summed E-state index contributed by atoms with van der Waals surface area (Å²) in [6.45, 7) is 5.29. The average Bonchev–Trinajstić information content (AvgIpc) is 2.82. The molecule has 1 heterocycles. The van der Waals surface area contributed by atoms with Gasteiger partial charge in [0.15, 0.2) is 0 Å². The number of rotatable bonds is 7. The fourth-order valence-corrected chi connectivity index (χ4v) is 5.73. The number of amides is 2. The average molecular weight is 465 g/mol. The van der Waals surface area contributed by atoms with Gasteiger partial charge in [-0.25, -0.2) is 0 Å². The van der Waals surface area contributed by atoms with E-state index in [1.165, 1.54) is 11.1 Å². The van der Waals surface area contributed by atoms with Gasteiger partial charge >= 0.3 is 0 Å². The van der Waals surface area contributed by atoms with Gasteiger partial charge in [0.05, 0.1) is 11.5 Å². The summed E-state index contributed by atoms with van der Waals surface area (Å²) < 4.78 is 5.47. The summed E-state index contributed by atoms with van der Waals surface area (Å²) in [6.07, 6.45) is 5.25. The van der Waals surface area contributed by atoms with Gasteiger partial charge in [0, 0.05) is 23.8 Å². The lowest BCUT2D eigenvalue weighted by Crippen LogP contribution is -2.51. The highest BCUT2D eigenvalue weighted by Gasteiger charge is 2.39. The molecule has 1 saturated carbocycles. The van der Waals surface area contributed by atoms with Crippen LogP contribution < -0.4 is 15.4 Å². The molecule has 1 aliphatic carbocycles. The second kappa shape index (κ2) is 10.9. The lowest BCUT2D eigenvalue weighted by Gasteiger charge is -2.39. The largest absolute Gasteiger partial charge is 0.494 e. The van der Waals surface area contributed by atoms with Gasteiger partial charge in [0.1, 0.15) is 5.75 Å². The first-order valence-electron chi connectivity index (χ1n) is 11.8. The van der Waals surface area contributed by atoms with Gasteiger partial charge in [-0.05, 0) is 68.9 Å². The van der Waals surface area contributed by atoms with Crippen LogP contribution in [-0.2, 0) is 16.0 Å². The summed E-state index contributed by atoms with van der Waals surface area (Å²) in [4.78, 5) is 26.2. The van der Waals surface area contributed by atoms with Crippen molar-refractivity contribution in [3.63, 3.8) is 0 Å². The highest BCUT2D eigenvalue weighted by molar-refractivity contribution is 8.04. The number of carbonyl (C=O) groups is 2. The first kappa shape index (κ1) is 23.4. The number of hydrogen-bond acceptors (Lipinski definition) is 4. The van der Waals surface area contributed by atoms with Crippen LogP contribution >= 0.6 is 11.8 Å². The van der Waals surface area contributed by atoms with Crippen LogP contribution in [0.15, 0.2) is 53.4 Å². The Hall–Kier alpha value is -2.73. The third kappa shape index (κ3) is 6.20. The van der Waals surface area contributed by atoms with Crippen LogP contribution in [0.5, 0.6) is 5.75 Å². The quantitative estimate of drug-likeness (QED) is 0.593. The fourth-order valence-electron chi connectivity index (χ4n) is 4.44. The molecule has 4 rings (SSSR count). The topological polar surface area (TPSA) is 67.4 Å². The number of benzene rings is 2. The first-order chi connectivity index (χ1) is 16.0. The van der Waals surface area contributed by atoms with E-state index < -0.39 is 0 Å². The van der Waals surface area contributed by atoms with Gasteiger partial charge in [-0.2, -0.15) is 0 Å². The van der Waals surface area contributed by atoms with E-state index in [0.717, 1.165) is 35.5 Å². The zero-order chi connectivity index (χ0) is 23.2. The van der Waals surface area contributed by atoms with Gasteiger partial charge < -0.3 is 15.4 Å². The van der Waals surface area contributed by atoms with Crippen LogP contribution in [-0.4, -0.2) is 36.3 Å². The predicted octanol–water partition coefficient (Wildman–Crippen LogP) is 4.49. The Kier molecular flexibility index (Phi) is 7.76. The second-order valence-corrected chi connectivity index (χ2v) is 10.1. The number of thioether (sulfide) groups is 1. The van der Waals surface area contributed by atoms with Crippen molar-refractivity contribution in [3.8, 4) is 5.75 Å². The van der Waals surface area contributed by atoms with Crippen LogP contribution in [0.1, 0.15) is 42.9 Å². The van der Waals surface area contributed by atoms with Crippen molar-refractivity contribution >= 4 is 29.7 Å². The first-order valence-corrected chi connectivity index (χ1v) is 12.6. The van der Waals surface area contributed by atoms with Crippen LogP contribution in [0.4, 0.5) is 0 Å². The second-order valence-electron chi connectivity index (χ2n) is 8.78. The SMILES string of the molecule is CCOc1ccc(CCNC(=O)C2CCC3S/C(=C/c4ccc(C)cc4)C(=O)NC3C2)cc1. The molecule has 5 nitrogen and oxygen atoms in total. The Morgan fingerprint density at radius 3 is 2.64 bits per heavy atom. The molecule has 2 fully saturated rings. The monoisotopic (exact) mass is 464 g/mol. The zero-order valence-electron chi connectivity index (χ0n) is 19.3. The van der Waals surface area contributed by atoms with Crippen LogP contribution in [0.25, 0.3) is 6.08 Å². The van der Waals surface area contributed by atoms with Gasteiger partial charge in [0.2, 0.25) is 5.91 Å². The van der Waals surface area contributed by atoms with Gasteiger partial charge in [-0.15, -0.1) is 11.8 Å². The third-order valence-electron chi connectivity index (χ3n) is 6.30. The molecule has 2 aromatic rings. The molecular formula is C27H32N2O3S. The van der Waals surface area contributed by atoms with Crippen molar-refractivity contribution in [2.24, 2.45) is 5.92 Å². The molecule has 1 aliphatic heterocycles. The Bertz CT molecular complexity index is 1000. The number of hydrogen-bond donors (Lipinski definition) is 2. The molecule has 174 valence electrons. The molecule has 2 amide bonds. The molecule has 0 radical (unpaired) electrons. The minimum absolute atomic E-state index is 0.0293. The van der Waals surface area contributed by atoms with Crippen LogP contribution in [0, 0.1) is 12.8 Å². The summed E-state index contributed by atoms with van der Waals surface area (Å²) >= 11 is 1.66. The van der Waals surface area contributed by atoms with Gasteiger partial charge in [0.25, 0.3) is 5.91 Å². The highest BCUT2D eigenvalue weighted by atomic mass is 32.2. The van der Waals surface area contributed by atoms with E-state index in [1.54, 1.807) is 11.8 Å². The fraction of sp³-hybridized carbons (Fsp3) is 0.407. The third-order valence-corrected chi connectivity index (χ3v) is 7.72. The summed E-state index contributed by atoms with van der Waals surface area (Å²) in [5, 5.41) is 6.58. The number of aryl methyl sites for hydroxylation is 1. The molecule has 0 bridgehead atoms. The molecule has 2 N–H and O–H groups in total. The summed E-state index contributed by atoms with van der Waals surface area (Å²) in [5.74, 6) is 0.888. The van der Waals surface area contributed by atoms with E-state index in [4.69, 9.17) is 4.74 Å². The Balaban J connectivity index is 1.26. The zero-order valence-corrected chi connectivity index (χ0v) is 20.1. The molecule has 33 heavy (non-hydrogen) atoms. The van der Waals surface area contributed by atoms with E-state index in [1.807, 2.05) is 49.4 Å². The van der Waals surface area contributed by atoms with E-state index in [9.17, 15) is 9.59 Å². The molecule has 3 atom stereocenters. The standard InChI is InChI=1S/C27H32N2O3S/c1-3-32-22-11-8-19(9-12-22)14-15-28-26(30)21-10-13-24-23(17-21)29-27(31)25(33-24)16-20-6-4-18(2)5-7-20/h4-9,11-12,16,21,23-24H,3,10,13-15,17H2,1-2H3,(H,28,30)(H,29,31)/b25-16+. The molecule has 0 aromatic heterocycles. The Morgan fingerprint density at radius 1 is 1.15 bits per heavy atom. The number of fused-ring (bicyclic) bond motifs is 1. The van der Waals surface area contributed by atoms with Crippen LogP contribution in [0.3, 0.4) is 0 Å². The minimum Gasteiger partial charge on any atom is -0.494 e. The van der Waals surface area contributed by atoms with Crippen molar-refractivity contribution in [2.75, 3.05) is 13.2 Å². The maximum atomic E-state index is 12.8. The van der Waals surface area contributed by atoms with Crippen molar-refractivity contribution in [2.45, 2.75) is 50.8 Å². The molecule has 1 saturated heterocycles. The van der Waals surface area contributed by atoms with E-state index in [2.05, 4.69) is 29.7 Å². The molecular weight excluding hydrogens is 432 g/mol. The Morgan fingerprint density at radius 2 is 1.91 bits per heavy atom. The molecule has 0 spiro atoms. The minimum atomic E-state index is -0.0462. The van der Waals surface area contributed by atoms with Crippen molar-refractivity contribution in [1.29, 1.82) is 0 Å². The van der Waals surface area contributed by atoms with Crippen molar-refractivity contribution in [1.82, 2.24) is 10.6 Å². The van der Waals surface area contributed by atoms with E-state index in [-0.39, 0.29) is 23.8 Å². The maximum absolute atomic E-state index is 12.8. The number of ether oxygens (including phenoxy) is 1. The van der Waals surface area contributed by atoms with E-state index >= 15 is 0 Å². The maximum Gasteiger partial charge on any atom is 0.257 e. The predicted molar refractivity (Wildman–Crippen MR) is 134 cm³/mol. The smallest absolute Gasteiger partial charge is 0.257 e. The number of carbonyl (C=O) groups excluding carboxylic acids is 2. The molecule has 2 aliphatic rings. The summed E-state index contributed by atoms with van der Waals surface area (Å²) in [6, 6.07) is 16.2. The van der Waals surface area contributed by atoms with Gasteiger partial charge in [-0.3, -0.25) is 9.59 Å². The molecule has 6 heteroatoms. The normalized spacial score (nSPS) is 23.5. The highest BCUT2D eigenvalue weighted by Crippen LogP contribution is 2.39. The molecule has 3 unspecified atom stereocenters. The van der Waals surface area contributed by atoms with Crippen molar-refractivity contribution in [3.05, 3.63) is 70.1 Å². The number of nitrogens with one attached hydrogen (secondary N) is 2. The van der Waals surface area contributed by atoms with Crippen molar-refractivity contribution < 1.29 is 14.3 Å². The van der Waals surface area contributed by atoms with E-state index in [0.29, 0.717) is 24.8 Å².